The van der Waals surface area contributed by atoms with Crippen LogP contribution < -0.4 is 10.1 Å². The Bertz CT molecular complexity index is 544. The average Bonchev–Trinajstić information content (AvgIpc) is 2.95. The maximum atomic E-state index is 9.98. The highest BCUT2D eigenvalue weighted by Gasteiger charge is 2.09. The fourth-order valence-electron chi connectivity index (χ4n) is 1.95. The second-order valence-electron chi connectivity index (χ2n) is 4.45. The number of methoxy groups -OCH3 is 1. The first-order valence-electron chi connectivity index (χ1n) is 6.42. The minimum atomic E-state index is 0.138. The van der Waals surface area contributed by atoms with E-state index in [2.05, 4.69) is 10.3 Å². The quantitative estimate of drug-likeness (QED) is 0.770. The van der Waals surface area contributed by atoms with E-state index in [-0.39, 0.29) is 5.75 Å². The van der Waals surface area contributed by atoms with E-state index in [9.17, 15) is 5.11 Å². The van der Waals surface area contributed by atoms with Gasteiger partial charge in [0.25, 0.3) is 0 Å². The molecule has 1 aromatic carbocycles. The molecule has 0 unspecified atom stereocenters. The highest BCUT2D eigenvalue weighted by atomic mass is 35.5. The summed E-state index contributed by atoms with van der Waals surface area (Å²) in [6.07, 6.45) is 6.49. The van der Waals surface area contributed by atoms with Crippen molar-refractivity contribution in [3.05, 3.63) is 41.4 Å². The van der Waals surface area contributed by atoms with Crippen LogP contribution in [-0.2, 0) is 13.1 Å². The zero-order valence-corrected chi connectivity index (χ0v) is 12.1. The van der Waals surface area contributed by atoms with Crippen LogP contribution >= 0.6 is 11.6 Å². The first-order chi connectivity index (χ1) is 9.70. The summed E-state index contributed by atoms with van der Waals surface area (Å²) in [5.74, 6) is 0.534. The van der Waals surface area contributed by atoms with Gasteiger partial charge in [0.15, 0.2) is 11.5 Å². The Morgan fingerprint density at radius 1 is 1.45 bits per heavy atom. The summed E-state index contributed by atoms with van der Waals surface area (Å²) >= 11 is 5.98. The maximum Gasteiger partial charge on any atom is 0.162 e. The molecule has 0 radical (unpaired) electrons. The van der Waals surface area contributed by atoms with E-state index in [4.69, 9.17) is 16.3 Å². The van der Waals surface area contributed by atoms with Gasteiger partial charge in [0.2, 0.25) is 0 Å². The van der Waals surface area contributed by atoms with Gasteiger partial charge in [0, 0.05) is 42.1 Å². The molecule has 2 N–H and O–H groups in total. The molecule has 2 rings (SSSR count). The zero-order chi connectivity index (χ0) is 14.4. The van der Waals surface area contributed by atoms with Crippen LogP contribution in [0.2, 0.25) is 5.02 Å². The van der Waals surface area contributed by atoms with Crippen LogP contribution in [0.3, 0.4) is 0 Å². The van der Waals surface area contributed by atoms with Crippen molar-refractivity contribution in [1.29, 1.82) is 0 Å². The number of hydrogen-bond acceptors (Lipinski definition) is 4. The van der Waals surface area contributed by atoms with Crippen molar-refractivity contribution in [2.45, 2.75) is 19.5 Å². The summed E-state index contributed by atoms with van der Waals surface area (Å²) in [6.45, 7) is 2.30. The number of aryl methyl sites for hydroxylation is 1. The summed E-state index contributed by atoms with van der Waals surface area (Å²) in [4.78, 5) is 3.99. The number of aromatic hydroxyl groups is 1. The molecular weight excluding hydrogens is 278 g/mol. The Hall–Kier alpha value is -1.72. The van der Waals surface area contributed by atoms with Crippen LogP contribution in [-0.4, -0.2) is 28.3 Å². The largest absolute Gasteiger partial charge is 0.504 e. The van der Waals surface area contributed by atoms with E-state index in [1.165, 1.54) is 7.11 Å². The summed E-state index contributed by atoms with van der Waals surface area (Å²) in [5.41, 5.74) is 0.733. The first-order valence-corrected chi connectivity index (χ1v) is 6.80. The Labute approximate surface area is 123 Å². The molecule has 0 spiro atoms. The molecule has 0 atom stereocenters. The predicted octanol–water partition coefficient (Wildman–Crippen LogP) is 2.43. The van der Waals surface area contributed by atoms with Crippen molar-refractivity contribution in [3.63, 3.8) is 0 Å². The molecule has 20 heavy (non-hydrogen) atoms. The van der Waals surface area contributed by atoms with E-state index in [1.807, 2.05) is 10.8 Å². The third-order valence-corrected chi connectivity index (χ3v) is 3.20. The van der Waals surface area contributed by atoms with Gasteiger partial charge < -0.3 is 19.7 Å². The molecule has 0 aliphatic carbocycles. The second-order valence-corrected chi connectivity index (χ2v) is 4.88. The van der Waals surface area contributed by atoms with E-state index in [1.54, 1.807) is 24.7 Å². The molecule has 0 saturated heterocycles. The highest BCUT2D eigenvalue weighted by Crippen LogP contribution is 2.33. The first kappa shape index (κ1) is 14.7. The molecule has 0 aliphatic heterocycles. The average molecular weight is 296 g/mol. The van der Waals surface area contributed by atoms with Crippen molar-refractivity contribution in [2.75, 3.05) is 13.7 Å². The van der Waals surface area contributed by atoms with Crippen LogP contribution in [0.25, 0.3) is 0 Å². The van der Waals surface area contributed by atoms with Gasteiger partial charge in [-0.15, -0.1) is 0 Å². The molecule has 1 heterocycles. The lowest BCUT2D eigenvalue weighted by Crippen LogP contribution is -2.16. The van der Waals surface area contributed by atoms with Crippen LogP contribution in [0.5, 0.6) is 11.5 Å². The smallest absolute Gasteiger partial charge is 0.162 e. The van der Waals surface area contributed by atoms with E-state index in [0.29, 0.717) is 17.3 Å². The Kier molecular flexibility index (Phi) is 5.26. The molecule has 0 saturated carbocycles. The lowest BCUT2D eigenvalue weighted by atomic mass is 10.2. The Morgan fingerprint density at radius 3 is 3.00 bits per heavy atom. The fraction of sp³-hybridized carbons (Fsp3) is 0.357. The van der Waals surface area contributed by atoms with Gasteiger partial charge in [-0.3, -0.25) is 0 Å². The number of ether oxygens (including phenoxy) is 1. The number of halogens is 1. The van der Waals surface area contributed by atoms with Crippen LogP contribution in [0.4, 0.5) is 0 Å². The number of imidazole rings is 1. The molecule has 0 fully saturated rings. The summed E-state index contributed by atoms with van der Waals surface area (Å²) in [7, 11) is 1.51. The number of benzene rings is 1. The van der Waals surface area contributed by atoms with Gasteiger partial charge in [-0.1, -0.05) is 11.6 Å². The lowest BCUT2D eigenvalue weighted by Gasteiger charge is -2.11. The van der Waals surface area contributed by atoms with Gasteiger partial charge >= 0.3 is 0 Å². The highest BCUT2D eigenvalue weighted by molar-refractivity contribution is 6.30. The van der Waals surface area contributed by atoms with Crippen molar-refractivity contribution < 1.29 is 9.84 Å². The Balaban J connectivity index is 1.80. The fourth-order valence-corrected chi connectivity index (χ4v) is 2.18. The van der Waals surface area contributed by atoms with Gasteiger partial charge in [0.1, 0.15) is 0 Å². The normalized spacial score (nSPS) is 10.7. The Morgan fingerprint density at radius 2 is 2.30 bits per heavy atom. The molecule has 108 valence electrons. The number of nitrogens with zero attached hydrogens (tertiary/aromatic N) is 2. The third kappa shape index (κ3) is 3.88. The number of nitrogens with one attached hydrogen (secondary N) is 1. The number of phenolic OH excluding ortho intramolecular Hbond substituents is 1. The molecular formula is C14H18ClN3O2. The topological polar surface area (TPSA) is 59.3 Å². The van der Waals surface area contributed by atoms with Crippen molar-refractivity contribution >= 4 is 11.6 Å². The SMILES string of the molecule is COc1cc(Cl)cc(CNCCCn2ccnc2)c1O. The number of aromatic nitrogens is 2. The predicted molar refractivity (Wildman–Crippen MR) is 78.2 cm³/mol. The minimum Gasteiger partial charge on any atom is -0.504 e. The van der Waals surface area contributed by atoms with Crippen molar-refractivity contribution in [3.8, 4) is 11.5 Å². The molecule has 6 heteroatoms. The maximum absolute atomic E-state index is 9.98. The summed E-state index contributed by atoms with van der Waals surface area (Å²) in [5, 5.41) is 13.8. The lowest BCUT2D eigenvalue weighted by molar-refractivity contribution is 0.369. The standard InChI is InChI=1S/C14H18ClN3O2/c1-20-13-8-12(15)7-11(14(13)19)9-16-3-2-5-18-6-4-17-10-18/h4,6-8,10,16,19H,2-3,5,9H2,1H3. The third-order valence-electron chi connectivity index (χ3n) is 2.98. The molecule has 2 aromatic rings. The van der Waals surface area contributed by atoms with Crippen molar-refractivity contribution in [1.82, 2.24) is 14.9 Å². The number of rotatable bonds is 7. The van der Waals surface area contributed by atoms with Crippen LogP contribution in [0.1, 0.15) is 12.0 Å². The summed E-state index contributed by atoms with van der Waals surface area (Å²) in [6, 6.07) is 3.34. The van der Waals surface area contributed by atoms with Gasteiger partial charge in [-0.05, 0) is 19.0 Å². The molecule has 5 nitrogen and oxygen atoms in total. The zero-order valence-electron chi connectivity index (χ0n) is 11.3. The molecule has 1 aromatic heterocycles. The molecule has 0 aliphatic rings. The van der Waals surface area contributed by atoms with Crippen molar-refractivity contribution in [2.24, 2.45) is 0 Å². The number of hydrogen-bond donors (Lipinski definition) is 2. The van der Waals surface area contributed by atoms with E-state index in [0.717, 1.165) is 25.1 Å². The van der Waals surface area contributed by atoms with E-state index >= 15 is 0 Å². The summed E-state index contributed by atoms with van der Waals surface area (Å²) < 4.78 is 7.10. The monoisotopic (exact) mass is 295 g/mol. The number of phenols is 1. The molecule has 0 amide bonds. The van der Waals surface area contributed by atoms with Gasteiger partial charge in [0.05, 0.1) is 13.4 Å². The second kappa shape index (κ2) is 7.17. The van der Waals surface area contributed by atoms with Crippen LogP contribution in [0, 0.1) is 0 Å². The van der Waals surface area contributed by atoms with Gasteiger partial charge in [-0.25, -0.2) is 4.98 Å². The van der Waals surface area contributed by atoms with Gasteiger partial charge in [-0.2, -0.15) is 0 Å². The van der Waals surface area contributed by atoms with E-state index < -0.39 is 0 Å². The minimum absolute atomic E-state index is 0.138. The van der Waals surface area contributed by atoms with Crippen LogP contribution in [0.15, 0.2) is 30.9 Å². The molecule has 0 bridgehead atoms.